The third-order valence-electron chi connectivity index (χ3n) is 4.04. The fraction of sp³-hybridized carbons (Fsp3) is 0.200. The molecule has 25 heavy (non-hydrogen) atoms. The van der Waals surface area contributed by atoms with E-state index in [-0.39, 0.29) is 5.91 Å². The van der Waals surface area contributed by atoms with Crippen molar-refractivity contribution in [3.05, 3.63) is 65.9 Å². The first-order valence-electron chi connectivity index (χ1n) is 7.94. The molecule has 0 fully saturated rings. The highest BCUT2D eigenvalue weighted by Crippen LogP contribution is 2.20. The number of carbonyl (C=O) groups excluding carboxylic acids is 1. The lowest BCUT2D eigenvalue weighted by Crippen LogP contribution is -2.27. The predicted molar refractivity (Wildman–Crippen MR) is 102 cm³/mol. The predicted octanol–water partition coefficient (Wildman–Crippen LogP) is 4.24. The van der Waals surface area contributed by atoms with Gasteiger partial charge in [0, 0.05) is 23.9 Å². The van der Waals surface area contributed by atoms with Crippen LogP contribution in [0.15, 0.2) is 59.5 Å². The smallest absolute Gasteiger partial charge is 0.272 e. The summed E-state index contributed by atoms with van der Waals surface area (Å²) in [5, 5.41) is 0.950. The maximum atomic E-state index is 12.7. The Labute approximate surface area is 151 Å². The molecule has 0 aliphatic rings. The second-order valence-electron chi connectivity index (χ2n) is 5.76. The van der Waals surface area contributed by atoms with Crippen LogP contribution in [0, 0.1) is 0 Å². The highest BCUT2D eigenvalue weighted by Gasteiger charge is 2.14. The molecule has 2 aromatic carbocycles. The van der Waals surface area contributed by atoms with Crippen molar-refractivity contribution >= 4 is 28.6 Å². The number of hydrogen-bond donors (Lipinski definition) is 0. The number of fused-ring (bicyclic) bond motifs is 1. The van der Waals surface area contributed by atoms with Crippen LogP contribution in [0.3, 0.4) is 0 Å². The van der Waals surface area contributed by atoms with Gasteiger partial charge in [-0.25, -0.2) is 4.98 Å². The van der Waals surface area contributed by atoms with Crippen LogP contribution in [0.25, 0.3) is 10.9 Å². The first kappa shape index (κ1) is 17.3. The summed E-state index contributed by atoms with van der Waals surface area (Å²) in [7, 11) is 3.43. The van der Waals surface area contributed by atoms with Crippen molar-refractivity contribution in [3.8, 4) is 5.75 Å². The standard InChI is InChI=1S/C20H20N2O2S/c1-22(13-14-4-8-17(25-3)9-5-14)20(23)19-10-6-15-12-16(24-2)7-11-18(15)21-19/h4-12H,13H2,1-3H3. The Kier molecular flexibility index (Phi) is 5.24. The minimum absolute atomic E-state index is 0.0911. The fourth-order valence-electron chi connectivity index (χ4n) is 2.62. The van der Waals surface area contributed by atoms with Crippen LogP contribution < -0.4 is 4.74 Å². The zero-order chi connectivity index (χ0) is 17.8. The summed E-state index contributed by atoms with van der Waals surface area (Å²) >= 11 is 1.70. The fourth-order valence-corrected chi connectivity index (χ4v) is 3.03. The van der Waals surface area contributed by atoms with E-state index < -0.39 is 0 Å². The largest absolute Gasteiger partial charge is 0.497 e. The molecule has 0 saturated carbocycles. The van der Waals surface area contributed by atoms with E-state index in [4.69, 9.17) is 4.74 Å². The van der Waals surface area contributed by atoms with Crippen LogP contribution in [-0.4, -0.2) is 36.2 Å². The van der Waals surface area contributed by atoms with Gasteiger partial charge in [0.15, 0.2) is 0 Å². The van der Waals surface area contributed by atoms with Crippen molar-refractivity contribution in [1.82, 2.24) is 9.88 Å². The van der Waals surface area contributed by atoms with Crippen molar-refractivity contribution in [2.45, 2.75) is 11.4 Å². The molecule has 0 unspecified atom stereocenters. The van der Waals surface area contributed by atoms with E-state index in [1.807, 2.05) is 30.5 Å². The van der Waals surface area contributed by atoms with Crippen molar-refractivity contribution in [2.24, 2.45) is 0 Å². The number of pyridine rings is 1. The van der Waals surface area contributed by atoms with Gasteiger partial charge in [-0.2, -0.15) is 0 Å². The molecule has 5 heteroatoms. The molecular weight excluding hydrogens is 332 g/mol. The monoisotopic (exact) mass is 352 g/mol. The van der Waals surface area contributed by atoms with E-state index in [0.717, 1.165) is 22.2 Å². The molecule has 0 N–H and O–H groups in total. The third kappa shape index (κ3) is 3.94. The van der Waals surface area contributed by atoms with E-state index >= 15 is 0 Å². The maximum Gasteiger partial charge on any atom is 0.272 e. The highest BCUT2D eigenvalue weighted by molar-refractivity contribution is 7.98. The van der Waals surface area contributed by atoms with Crippen molar-refractivity contribution in [2.75, 3.05) is 20.4 Å². The zero-order valence-corrected chi connectivity index (χ0v) is 15.3. The number of carbonyl (C=O) groups is 1. The molecule has 0 spiro atoms. The van der Waals surface area contributed by atoms with Gasteiger partial charge in [0.2, 0.25) is 0 Å². The molecule has 0 radical (unpaired) electrons. The van der Waals surface area contributed by atoms with Gasteiger partial charge in [0.1, 0.15) is 11.4 Å². The first-order valence-corrected chi connectivity index (χ1v) is 9.16. The second-order valence-corrected chi connectivity index (χ2v) is 6.64. The molecule has 3 rings (SSSR count). The number of nitrogens with zero attached hydrogens (tertiary/aromatic N) is 2. The number of aromatic nitrogens is 1. The third-order valence-corrected chi connectivity index (χ3v) is 4.78. The highest BCUT2D eigenvalue weighted by atomic mass is 32.2. The maximum absolute atomic E-state index is 12.7. The summed E-state index contributed by atoms with van der Waals surface area (Å²) in [6, 6.07) is 17.5. The number of hydrogen-bond acceptors (Lipinski definition) is 4. The number of thioether (sulfide) groups is 1. The van der Waals surface area contributed by atoms with Crippen LogP contribution in [0.1, 0.15) is 16.1 Å². The molecule has 0 bridgehead atoms. The van der Waals surface area contributed by atoms with Crippen LogP contribution in [0.5, 0.6) is 5.75 Å². The van der Waals surface area contributed by atoms with E-state index in [2.05, 4.69) is 29.2 Å². The van der Waals surface area contributed by atoms with Gasteiger partial charge in [-0.3, -0.25) is 4.79 Å². The quantitative estimate of drug-likeness (QED) is 0.644. The Hall–Kier alpha value is -2.53. The number of benzene rings is 2. The minimum atomic E-state index is -0.0911. The molecule has 0 saturated heterocycles. The van der Waals surface area contributed by atoms with Gasteiger partial charge in [-0.15, -0.1) is 11.8 Å². The van der Waals surface area contributed by atoms with Crippen LogP contribution in [0.2, 0.25) is 0 Å². The van der Waals surface area contributed by atoms with Gasteiger partial charge in [0.05, 0.1) is 12.6 Å². The molecule has 128 valence electrons. The molecule has 1 aromatic heterocycles. The summed E-state index contributed by atoms with van der Waals surface area (Å²) in [5.41, 5.74) is 2.32. The number of rotatable bonds is 5. The second kappa shape index (κ2) is 7.57. The molecule has 0 aliphatic carbocycles. The Bertz CT molecular complexity index is 894. The molecule has 4 nitrogen and oxygen atoms in total. The Balaban J connectivity index is 1.77. The van der Waals surface area contributed by atoms with E-state index in [1.165, 1.54) is 4.90 Å². The molecule has 0 atom stereocenters. The average molecular weight is 352 g/mol. The van der Waals surface area contributed by atoms with Gasteiger partial charge >= 0.3 is 0 Å². The summed E-state index contributed by atoms with van der Waals surface area (Å²) < 4.78 is 5.22. The summed E-state index contributed by atoms with van der Waals surface area (Å²) in [6.45, 7) is 0.551. The lowest BCUT2D eigenvalue weighted by Gasteiger charge is -2.17. The Morgan fingerprint density at radius 2 is 1.88 bits per heavy atom. The lowest BCUT2D eigenvalue weighted by molar-refractivity contribution is 0.0779. The first-order chi connectivity index (χ1) is 12.1. The van der Waals surface area contributed by atoms with Crippen LogP contribution >= 0.6 is 11.8 Å². The van der Waals surface area contributed by atoms with E-state index in [0.29, 0.717) is 12.2 Å². The van der Waals surface area contributed by atoms with Crippen molar-refractivity contribution < 1.29 is 9.53 Å². The molecule has 1 heterocycles. The SMILES string of the molecule is COc1ccc2nc(C(=O)N(C)Cc3ccc(SC)cc3)ccc2c1. The molecule has 1 amide bonds. The van der Waals surface area contributed by atoms with Gasteiger partial charge in [-0.05, 0) is 48.2 Å². The number of amides is 1. The lowest BCUT2D eigenvalue weighted by atomic mass is 10.1. The summed E-state index contributed by atoms with van der Waals surface area (Å²) in [4.78, 5) is 20.1. The molecular formula is C20H20N2O2S. The summed E-state index contributed by atoms with van der Waals surface area (Å²) in [6.07, 6.45) is 2.05. The number of methoxy groups -OCH3 is 1. The van der Waals surface area contributed by atoms with Gasteiger partial charge < -0.3 is 9.64 Å². The van der Waals surface area contributed by atoms with Gasteiger partial charge in [0.25, 0.3) is 5.91 Å². The minimum Gasteiger partial charge on any atom is -0.497 e. The van der Waals surface area contributed by atoms with Crippen LogP contribution in [-0.2, 0) is 6.54 Å². The summed E-state index contributed by atoms with van der Waals surface area (Å²) in [5.74, 6) is 0.686. The Morgan fingerprint density at radius 3 is 2.56 bits per heavy atom. The Morgan fingerprint density at radius 1 is 1.12 bits per heavy atom. The topological polar surface area (TPSA) is 42.4 Å². The van der Waals surface area contributed by atoms with Crippen molar-refractivity contribution in [1.29, 1.82) is 0 Å². The van der Waals surface area contributed by atoms with Crippen molar-refractivity contribution in [3.63, 3.8) is 0 Å². The van der Waals surface area contributed by atoms with Gasteiger partial charge in [-0.1, -0.05) is 18.2 Å². The number of ether oxygens (including phenoxy) is 1. The average Bonchev–Trinajstić information content (AvgIpc) is 2.67. The molecule has 0 aliphatic heterocycles. The van der Waals surface area contributed by atoms with Crippen LogP contribution in [0.4, 0.5) is 0 Å². The normalized spacial score (nSPS) is 10.7. The molecule has 3 aromatic rings. The zero-order valence-electron chi connectivity index (χ0n) is 14.5. The van der Waals surface area contributed by atoms with E-state index in [9.17, 15) is 4.79 Å². The van der Waals surface area contributed by atoms with E-state index in [1.54, 1.807) is 36.9 Å².